The van der Waals surface area contributed by atoms with E-state index in [1.54, 1.807) is 0 Å². The first-order valence-electron chi connectivity index (χ1n) is 11.3. The van der Waals surface area contributed by atoms with Gasteiger partial charge >= 0.3 is 0 Å². The summed E-state index contributed by atoms with van der Waals surface area (Å²) >= 11 is 1.99. The highest BCUT2D eigenvalue weighted by atomic mass is 32.2. The molecule has 0 aromatic heterocycles. The molecule has 1 unspecified atom stereocenters. The molecule has 5 nitrogen and oxygen atoms in total. The fraction of sp³-hybridized carbons (Fsp3) is 0.696. The average molecular weight is 418 g/mol. The van der Waals surface area contributed by atoms with E-state index in [2.05, 4.69) is 71.5 Å². The number of piperazine rings is 1. The first-order valence-corrected chi connectivity index (χ1v) is 12.1. The molecule has 0 amide bonds. The molecule has 1 aliphatic carbocycles. The van der Waals surface area contributed by atoms with Crippen molar-refractivity contribution in [3.8, 4) is 0 Å². The SMILES string of the molecule is CCNC(=NCC1(Sc2ccccc2)CC1)NCC(C)CN1CCN(CC)CC1. The minimum atomic E-state index is 0.300. The van der Waals surface area contributed by atoms with Crippen LogP contribution < -0.4 is 10.6 Å². The minimum absolute atomic E-state index is 0.300. The van der Waals surface area contributed by atoms with E-state index in [0.29, 0.717) is 10.7 Å². The van der Waals surface area contributed by atoms with Crippen molar-refractivity contribution in [1.82, 2.24) is 20.4 Å². The van der Waals surface area contributed by atoms with Crippen LogP contribution in [0, 0.1) is 5.92 Å². The van der Waals surface area contributed by atoms with E-state index in [9.17, 15) is 0 Å². The number of likely N-dealkylation sites (N-methyl/N-ethyl adjacent to an activating group) is 1. The second-order valence-electron chi connectivity index (χ2n) is 8.51. The average Bonchev–Trinajstić information content (AvgIpc) is 3.51. The molecule has 1 atom stereocenters. The van der Waals surface area contributed by atoms with E-state index in [-0.39, 0.29) is 0 Å². The normalized spacial score (nSPS) is 21.0. The van der Waals surface area contributed by atoms with Gasteiger partial charge in [-0.25, -0.2) is 0 Å². The Kier molecular flexibility index (Phi) is 8.69. The van der Waals surface area contributed by atoms with Gasteiger partial charge in [0, 0.05) is 55.5 Å². The highest BCUT2D eigenvalue weighted by Crippen LogP contribution is 2.51. The summed E-state index contributed by atoms with van der Waals surface area (Å²) in [5.41, 5.74) is 0. The fourth-order valence-electron chi connectivity index (χ4n) is 3.80. The van der Waals surface area contributed by atoms with Gasteiger partial charge < -0.3 is 20.4 Å². The van der Waals surface area contributed by atoms with E-state index in [0.717, 1.165) is 32.1 Å². The Morgan fingerprint density at radius 1 is 1.07 bits per heavy atom. The van der Waals surface area contributed by atoms with Crippen LogP contribution in [-0.4, -0.2) is 79.4 Å². The molecule has 6 heteroatoms. The highest BCUT2D eigenvalue weighted by Gasteiger charge is 2.43. The largest absolute Gasteiger partial charge is 0.357 e. The molecule has 1 saturated carbocycles. The van der Waals surface area contributed by atoms with Gasteiger partial charge in [0.15, 0.2) is 5.96 Å². The Morgan fingerprint density at radius 2 is 1.76 bits per heavy atom. The lowest BCUT2D eigenvalue weighted by Gasteiger charge is -2.35. The van der Waals surface area contributed by atoms with Crippen molar-refractivity contribution in [2.75, 3.05) is 58.9 Å². The van der Waals surface area contributed by atoms with E-state index in [4.69, 9.17) is 4.99 Å². The third-order valence-electron chi connectivity index (χ3n) is 5.85. The van der Waals surface area contributed by atoms with Crippen molar-refractivity contribution in [1.29, 1.82) is 0 Å². The number of nitrogens with one attached hydrogen (secondary N) is 2. The van der Waals surface area contributed by atoms with Gasteiger partial charge in [-0.3, -0.25) is 4.99 Å². The molecule has 0 spiro atoms. The maximum atomic E-state index is 4.94. The van der Waals surface area contributed by atoms with Gasteiger partial charge in [-0.15, -0.1) is 11.8 Å². The molecule has 2 N–H and O–H groups in total. The van der Waals surface area contributed by atoms with E-state index >= 15 is 0 Å². The number of benzene rings is 1. The summed E-state index contributed by atoms with van der Waals surface area (Å²) in [6, 6.07) is 10.7. The molecule has 1 heterocycles. The molecule has 2 fully saturated rings. The topological polar surface area (TPSA) is 42.9 Å². The van der Waals surface area contributed by atoms with Gasteiger partial charge in [0.05, 0.1) is 6.54 Å². The zero-order chi connectivity index (χ0) is 20.5. The summed E-state index contributed by atoms with van der Waals surface area (Å²) in [4.78, 5) is 11.4. The number of thioether (sulfide) groups is 1. The molecule has 1 aromatic rings. The summed E-state index contributed by atoms with van der Waals surface area (Å²) in [7, 11) is 0. The number of rotatable bonds is 10. The van der Waals surface area contributed by atoms with Crippen molar-refractivity contribution in [3.05, 3.63) is 30.3 Å². The van der Waals surface area contributed by atoms with Crippen molar-refractivity contribution in [2.45, 2.75) is 43.3 Å². The molecule has 162 valence electrons. The lowest BCUT2D eigenvalue weighted by Crippen LogP contribution is -2.48. The lowest BCUT2D eigenvalue weighted by atomic mass is 10.1. The molecule has 1 aromatic carbocycles. The molecular formula is C23H39N5S. The van der Waals surface area contributed by atoms with Crippen LogP contribution in [0.1, 0.15) is 33.6 Å². The monoisotopic (exact) mass is 417 g/mol. The van der Waals surface area contributed by atoms with E-state index in [1.807, 2.05) is 11.8 Å². The van der Waals surface area contributed by atoms with Crippen LogP contribution in [0.15, 0.2) is 40.2 Å². The van der Waals surface area contributed by atoms with Crippen molar-refractivity contribution in [3.63, 3.8) is 0 Å². The highest BCUT2D eigenvalue weighted by molar-refractivity contribution is 8.01. The predicted molar refractivity (Wildman–Crippen MR) is 126 cm³/mol. The second-order valence-corrected chi connectivity index (χ2v) is 10.1. The maximum Gasteiger partial charge on any atom is 0.191 e. The summed E-state index contributed by atoms with van der Waals surface area (Å²) in [6.07, 6.45) is 2.52. The smallest absolute Gasteiger partial charge is 0.191 e. The predicted octanol–water partition coefficient (Wildman–Crippen LogP) is 3.14. The third kappa shape index (κ3) is 7.50. The Hall–Kier alpha value is -1.24. The molecule has 1 saturated heterocycles. The van der Waals surface area contributed by atoms with Crippen LogP contribution in [0.4, 0.5) is 0 Å². The molecule has 0 bridgehead atoms. The van der Waals surface area contributed by atoms with E-state index < -0.39 is 0 Å². The van der Waals surface area contributed by atoms with Gasteiger partial charge in [-0.05, 0) is 44.4 Å². The lowest BCUT2D eigenvalue weighted by molar-refractivity contribution is 0.124. The van der Waals surface area contributed by atoms with Gasteiger partial charge in [-0.2, -0.15) is 0 Å². The van der Waals surface area contributed by atoms with Crippen molar-refractivity contribution in [2.24, 2.45) is 10.9 Å². The first kappa shape index (κ1) is 22.4. The first-order chi connectivity index (χ1) is 14.1. The van der Waals surface area contributed by atoms with Crippen molar-refractivity contribution >= 4 is 17.7 Å². The van der Waals surface area contributed by atoms with Crippen LogP contribution >= 0.6 is 11.8 Å². The summed E-state index contributed by atoms with van der Waals surface area (Å²) < 4.78 is 0.300. The number of aliphatic imine (C=N–C) groups is 1. The molecule has 3 rings (SSSR count). The summed E-state index contributed by atoms with van der Waals surface area (Å²) in [5, 5.41) is 7.02. The minimum Gasteiger partial charge on any atom is -0.357 e. The Morgan fingerprint density at radius 3 is 2.38 bits per heavy atom. The van der Waals surface area contributed by atoms with Gasteiger partial charge in [0.25, 0.3) is 0 Å². The number of nitrogens with zero attached hydrogens (tertiary/aromatic N) is 3. The Balaban J connectivity index is 1.43. The van der Waals surface area contributed by atoms with Crippen LogP contribution in [0.25, 0.3) is 0 Å². The van der Waals surface area contributed by atoms with Crippen molar-refractivity contribution < 1.29 is 0 Å². The number of guanidine groups is 1. The summed E-state index contributed by atoms with van der Waals surface area (Å²) in [6.45, 7) is 16.7. The molecule has 0 radical (unpaired) electrons. The Bertz CT molecular complexity index is 623. The zero-order valence-electron chi connectivity index (χ0n) is 18.5. The molecular weight excluding hydrogens is 378 g/mol. The second kappa shape index (κ2) is 11.2. The maximum absolute atomic E-state index is 4.94. The van der Waals surface area contributed by atoms with Gasteiger partial charge in [0.1, 0.15) is 0 Å². The summed E-state index contributed by atoms with van der Waals surface area (Å²) in [5.74, 6) is 1.58. The molecule has 29 heavy (non-hydrogen) atoms. The van der Waals surface area contributed by atoms with Crippen LogP contribution in [0.2, 0.25) is 0 Å². The number of hydrogen-bond donors (Lipinski definition) is 2. The molecule has 1 aliphatic heterocycles. The van der Waals surface area contributed by atoms with Gasteiger partial charge in [-0.1, -0.05) is 32.0 Å². The fourth-order valence-corrected chi connectivity index (χ4v) is 5.03. The standard InChI is InChI=1S/C23H39N5S/c1-4-24-22(25-17-20(3)18-28-15-13-27(5-2)14-16-28)26-19-23(11-12-23)29-21-9-7-6-8-10-21/h6-10,20H,4-5,11-19H2,1-3H3,(H2,24,25,26). The zero-order valence-corrected chi connectivity index (χ0v) is 19.3. The van der Waals surface area contributed by atoms with Crippen LogP contribution in [0.5, 0.6) is 0 Å². The van der Waals surface area contributed by atoms with E-state index in [1.165, 1.54) is 50.5 Å². The quantitative estimate of drug-likeness (QED) is 0.452. The molecule has 2 aliphatic rings. The Labute approximate surface area is 181 Å². The number of hydrogen-bond acceptors (Lipinski definition) is 4. The van der Waals surface area contributed by atoms with Crippen LogP contribution in [0.3, 0.4) is 0 Å². The third-order valence-corrected chi connectivity index (χ3v) is 7.33. The van der Waals surface area contributed by atoms with Gasteiger partial charge in [0.2, 0.25) is 0 Å². The van der Waals surface area contributed by atoms with Crippen LogP contribution in [-0.2, 0) is 0 Å².